The maximum absolute atomic E-state index is 12.9. The van der Waals surface area contributed by atoms with Gasteiger partial charge < -0.3 is 55.4 Å². The van der Waals surface area contributed by atoms with Crippen LogP contribution in [-0.4, -0.2) is 88.9 Å². The predicted molar refractivity (Wildman–Crippen MR) is 105 cm³/mol. The molecule has 7 unspecified atom stereocenters. The topological polar surface area (TPSA) is 218 Å². The number of hydrogen-bond acceptors (Lipinski definition) is 12. The molecule has 4 rings (SSSR count). The molecule has 2 aliphatic rings. The first-order valence-electron chi connectivity index (χ1n) is 9.83. The van der Waals surface area contributed by atoms with Crippen LogP contribution < -0.4 is 4.74 Å². The van der Waals surface area contributed by atoms with Crippen molar-refractivity contribution in [2.75, 3.05) is 6.61 Å². The van der Waals surface area contributed by atoms with E-state index in [1.54, 1.807) is 0 Å². The fourth-order valence-corrected chi connectivity index (χ4v) is 4.08. The summed E-state index contributed by atoms with van der Waals surface area (Å²) in [6.45, 7) is -0.908. The van der Waals surface area contributed by atoms with Crippen molar-refractivity contribution in [3.05, 3.63) is 47.0 Å². The summed E-state index contributed by atoms with van der Waals surface area (Å²) in [5.74, 6) is -6.57. The second-order valence-electron chi connectivity index (χ2n) is 7.89. The van der Waals surface area contributed by atoms with E-state index in [0.717, 1.165) is 6.07 Å². The van der Waals surface area contributed by atoms with Gasteiger partial charge in [0.1, 0.15) is 53.0 Å². The number of hydrogen-bond donors (Lipinski definition) is 9. The summed E-state index contributed by atoms with van der Waals surface area (Å²) in [4.78, 5) is 12.9. The van der Waals surface area contributed by atoms with Crippen molar-refractivity contribution < 1.29 is 60.2 Å². The van der Waals surface area contributed by atoms with Gasteiger partial charge in [-0.3, -0.25) is 4.79 Å². The zero-order chi connectivity index (χ0) is 24.2. The monoisotopic (exact) mass is 466 g/mol. The Bertz CT molecular complexity index is 1070. The fourth-order valence-electron chi connectivity index (χ4n) is 4.08. The number of phenols is 3. The van der Waals surface area contributed by atoms with E-state index in [1.807, 2.05) is 0 Å². The number of ketones is 1. The number of benzene rings is 2. The Morgan fingerprint density at radius 1 is 0.970 bits per heavy atom. The molecule has 2 aliphatic heterocycles. The molecular formula is C21H22O12. The molecule has 2 aromatic rings. The molecule has 0 spiro atoms. The van der Waals surface area contributed by atoms with Crippen LogP contribution in [0.1, 0.15) is 27.6 Å². The molecule has 33 heavy (non-hydrogen) atoms. The highest BCUT2D eigenvalue weighted by molar-refractivity contribution is 6.06. The molecule has 1 saturated heterocycles. The Balaban J connectivity index is 1.81. The summed E-state index contributed by atoms with van der Waals surface area (Å²) < 4.78 is 10.7. The van der Waals surface area contributed by atoms with E-state index in [1.165, 1.54) is 24.3 Å². The Labute approximate surface area is 185 Å². The predicted octanol–water partition coefficient (Wildman–Crippen LogP) is -1.90. The molecule has 1 fully saturated rings. The number of aliphatic hydroxyl groups excluding tert-OH is 5. The van der Waals surface area contributed by atoms with Gasteiger partial charge in [-0.05, 0) is 17.7 Å². The maximum atomic E-state index is 12.9. The number of aromatic hydroxyl groups is 3. The molecule has 2 aromatic carbocycles. The SMILES string of the molecule is O=C1c2c(cc(O)c(C3(O)OC(CO)C(O)C(O)C3O)c2O)OC(c2ccc(O)cc2)C1O. The van der Waals surface area contributed by atoms with Crippen LogP contribution in [0.3, 0.4) is 0 Å². The smallest absolute Gasteiger partial charge is 0.229 e. The second kappa shape index (κ2) is 8.11. The van der Waals surface area contributed by atoms with E-state index >= 15 is 0 Å². The Morgan fingerprint density at radius 2 is 1.61 bits per heavy atom. The van der Waals surface area contributed by atoms with Crippen molar-refractivity contribution >= 4 is 5.78 Å². The minimum Gasteiger partial charge on any atom is -0.508 e. The van der Waals surface area contributed by atoms with Gasteiger partial charge in [0.05, 0.1) is 12.2 Å². The summed E-state index contributed by atoms with van der Waals surface area (Å²) in [6.07, 6.45) is -10.9. The zero-order valence-corrected chi connectivity index (χ0v) is 16.8. The summed E-state index contributed by atoms with van der Waals surface area (Å²) >= 11 is 0. The third kappa shape index (κ3) is 3.48. The van der Waals surface area contributed by atoms with E-state index in [0.29, 0.717) is 5.56 Å². The van der Waals surface area contributed by atoms with Crippen molar-refractivity contribution in [2.24, 2.45) is 0 Å². The van der Waals surface area contributed by atoms with Crippen LogP contribution in [0.15, 0.2) is 30.3 Å². The van der Waals surface area contributed by atoms with Crippen LogP contribution in [-0.2, 0) is 10.5 Å². The molecule has 0 radical (unpaired) electrons. The van der Waals surface area contributed by atoms with Gasteiger partial charge in [0.25, 0.3) is 0 Å². The molecule has 0 saturated carbocycles. The van der Waals surface area contributed by atoms with E-state index in [4.69, 9.17) is 9.47 Å². The highest BCUT2D eigenvalue weighted by Crippen LogP contribution is 2.50. The van der Waals surface area contributed by atoms with Crippen LogP contribution in [0.25, 0.3) is 0 Å². The van der Waals surface area contributed by atoms with E-state index in [9.17, 15) is 50.8 Å². The lowest BCUT2D eigenvalue weighted by Crippen LogP contribution is -2.63. The molecule has 7 atom stereocenters. The number of carbonyl (C=O) groups excluding carboxylic acids is 1. The number of ether oxygens (including phenoxy) is 2. The van der Waals surface area contributed by atoms with Crippen molar-refractivity contribution in [2.45, 2.75) is 42.4 Å². The second-order valence-corrected chi connectivity index (χ2v) is 7.89. The minimum absolute atomic E-state index is 0.0662. The number of Topliss-reactive ketones (excluding diaryl/α,β-unsaturated/α-hetero) is 1. The molecule has 0 aromatic heterocycles. The summed E-state index contributed by atoms with van der Waals surface area (Å²) in [7, 11) is 0. The number of fused-ring (bicyclic) bond motifs is 1. The first-order valence-corrected chi connectivity index (χ1v) is 9.83. The highest BCUT2D eigenvalue weighted by Gasteiger charge is 2.57. The van der Waals surface area contributed by atoms with E-state index < -0.39 is 77.4 Å². The number of carbonyl (C=O) groups is 1. The van der Waals surface area contributed by atoms with Crippen LogP contribution in [0.5, 0.6) is 23.0 Å². The van der Waals surface area contributed by atoms with Gasteiger partial charge in [0.15, 0.2) is 12.2 Å². The Kier molecular flexibility index (Phi) is 5.70. The summed E-state index contributed by atoms with van der Waals surface area (Å²) in [6, 6.07) is 6.23. The Morgan fingerprint density at radius 3 is 2.21 bits per heavy atom. The van der Waals surface area contributed by atoms with Gasteiger partial charge in [-0.15, -0.1) is 0 Å². The quantitative estimate of drug-likeness (QED) is 0.242. The number of rotatable bonds is 3. The van der Waals surface area contributed by atoms with Gasteiger partial charge in [-0.25, -0.2) is 0 Å². The summed E-state index contributed by atoms with van der Waals surface area (Å²) in [5.41, 5.74) is -1.28. The normalized spacial score (nSPS) is 33.9. The molecule has 178 valence electrons. The average Bonchev–Trinajstić information content (AvgIpc) is 2.77. The number of phenolic OH excluding ortho intramolecular Hbond substituents is 3. The average molecular weight is 466 g/mol. The Hall–Kier alpha value is -2.97. The number of aliphatic hydroxyl groups is 6. The van der Waals surface area contributed by atoms with Crippen LogP contribution in [0.2, 0.25) is 0 Å². The molecule has 12 heteroatoms. The van der Waals surface area contributed by atoms with Crippen LogP contribution >= 0.6 is 0 Å². The third-order valence-corrected chi connectivity index (χ3v) is 5.85. The van der Waals surface area contributed by atoms with Crippen molar-refractivity contribution in [3.63, 3.8) is 0 Å². The van der Waals surface area contributed by atoms with Gasteiger partial charge >= 0.3 is 0 Å². The van der Waals surface area contributed by atoms with E-state index in [2.05, 4.69) is 0 Å². The van der Waals surface area contributed by atoms with Crippen molar-refractivity contribution in [1.82, 2.24) is 0 Å². The van der Waals surface area contributed by atoms with Crippen LogP contribution in [0, 0.1) is 0 Å². The highest BCUT2D eigenvalue weighted by atomic mass is 16.7. The van der Waals surface area contributed by atoms with Gasteiger partial charge in [-0.1, -0.05) is 12.1 Å². The lowest BCUT2D eigenvalue weighted by molar-refractivity contribution is -0.358. The molecule has 9 N–H and O–H groups in total. The van der Waals surface area contributed by atoms with Crippen molar-refractivity contribution in [3.8, 4) is 23.0 Å². The van der Waals surface area contributed by atoms with Crippen molar-refractivity contribution in [1.29, 1.82) is 0 Å². The lowest BCUT2D eigenvalue weighted by Gasteiger charge is -2.46. The van der Waals surface area contributed by atoms with Crippen LogP contribution in [0.4, 0.5) is 0 Å². The molecule has 0 bridgehead atoms. The first kappa shape index (κ1) is 23.2. The molecular weight excluding hydrogens is 444 g/mol. The van der Waals surface area contributed by atoms with Gasteiger partial charge in [0.2, 0.25) is 11.6 Å². The largest absolute Gasteiger partial charge is 0.508 e. The van der Waals surface area contributed by atoms with Gasteiger partial charge in [-0.2, -0.15) is 0 Å². The molecule has 2 heterocycles. The fraction of sp³-hybridized carbons (Fsp3) is 0.381. The third-order valence-electron chi connectivity index (χ3n) is 5.85. The first-order chi connectivity index (χ1) is 15.5. The maximum Gasteiger partial charge on any atom is 0.229 e. The molecule has 0 amide bonds. The molecule has 0 aliphatic carbocycles. The zero-order valence-electron chi connectivity index (χ0n) is 16.8. The summed E-state index contributed by atoms with van der Waals surface area (Å²) in [5, 5.41) is 91.9. The standard InChI is InChI=1S/C21H22O12/c22-6-11-14(25)18(29)20(30)21(31,33-11)13-9(24)5-10-12(15(13)26)16(27)17(28)19(32-10)7-1-3-8(23)4-2-7/h1-5,11,14,17-20,22-26,28-31H,6H2. The van der Waals surface area contributed by atoms with Gasteiger partial charge in [0, 0.05) is 6.07 Å². The minimum atomic E-state index is -3.06. The lowest BCUT2D eigenvalue weighted by atomic mass is 9.84. The van der Waals surface area contributed by atoms with E-state index in [-0.39, 0.29) is 11.5 Å². The molecule has 12 nitrogen and oxygen atoms in total.